The summed E-state index contributed by atoms with van der Waals surface area (Å²) in [6.07, 6.45) is 5.50. The van der Waals surface area contributed by atoms with Crippen molar-refractivity contribution in [2.45, 2.75) is 19.8 Å². The fraction of sp³-hybridized carbons (Fsp3) is 0.455. The van der Waals surface area contributed by atoms with Gasteiger partial charge in [0.05, 0.1) is 6.42 Å². The van der Waals surface area contributed by atoms with Gasteiger partial charge in [0.2, 0.25) is 0 Å². The summed E-state index contributed by atoms with van der Waals surface area (Å²) in [5.74, 6) is 1.44. The van der Waals surface area contributed by atoms with E-state index in [4.69, 9.17) is 15.9 Å². The maximum absolute atomic E-state index is 10.9. The fourth-order valence-corrected chi connectivity index (χ4v) is 0.659. The van der Waals surface area contributed by atoms with Crippen LogP contribution in [0.25, 0.3) is 0 Å². The van der Waals surface area contributed by atoms with E-state index in [0.29, 0.717) is 12.0 Å². The van der Waals surface area contributed by atoms with E-state index < -0.39 is 5.97 Å². The van der Waals surface area contributed by atoms with Crippen molar-refractivity contribution in [3.05, 3.63) is 12.2 Å². The average Bonchev–Trinajstić information content (AvgIpc) is 2.20. The van der Waals surface area contributed by atoms with E-state index in [2.05, 4.69) is 12.5 Å². The highest BCUT2D eigenvalue weighted by atomic mass is 16.6. The second kappa shape index (κ2) is 7.63. The molecule has 0 atom stereocenters. The number of ether oxygens (including phenoxy) is 2. The number of carbonyl (C=O) groups is 2. The molecule has 0 heterocycles. The Morgan fingerprint density at radius 2 is 1.93 bits per heavy atom. The Bertz CT molecular complexity index is 285. The molecule has 4 nitrogen and oxygen atoms in total. The van der Waals surface area contributed by atoms with Crippen LogP contribution in [-0.2, 0) is 19.1 Å². The first-order chi connectivity index (χ1) is 7.07. The Balaban J connectivity index is 3.47. The SMILES string of the molecule is C#CCCC(=O)OCCOC(=O)C(=C)C. The molecule has 0 aromatic heterocycles. The lowest BCUT2D eigenvalue weighted by atomic mass is 10.3. The molecular formula is C11H14O4. The van der Waals surface area contributed by atoms with Gasteiger partial charge in [0.15, 0.2) is 0 Å². The smallest absolute Gasteiger partial charge is 0.333 e. The summed E-state index contributed by atoms with van der Waals surface area (Å²) in [5.41, 5.74) is 0.314. The van der Waals surface area contributed by atoms with Crippen molar-refractivity contribution in [3.63, 3.8) is 0 Å². The van der Waals surface area contributed by atoms with Gasteiger partial charge in [-0.15, -0.1) is 12.3 Å². The van der Waals surface area contributed by atoms with E-state index in [9.17, 15) is 9.59 Å². The Morgan fingerprint density at radius 1 is 1.33 bits per heavy atom. The van der Waals surface area contributed by atoms with Crippen LogP contribution >= 0.6 is 0 Å². The fourth-order valence-electron chi connectivity index (χ4n) is 0.659. The molecular weight excluding hydrogens is 196 g/mol. The van der Waals surface area contributed by atoms with Crippen molar-refractivity contribution >= 4 is 11.9 Å². The molecule has 0 amide bonds. The van der Waals surface area contributed by atoms with Crippen molar-refractivity contribution in [2.75, 3.05) is 13.2 Å². The van der Waals surface area contributed by atoms with E-state index in [1.165, 1.54) is 0 Å². The lowest BCUT2D eigenvalue weighted by molar-refractivity contribution is -0.150. The first-order valence-electron chi connectivity index (χ1n) is 4.49. The molecule has 0 bridgehead atoms. The standard InChI is InChI=1S/C11H14O4/c1-4-5-6-10(12)14-7-8-15-11(13)9(2)3/h1H,2,5-8H2,3H3. The highest BCUT2D eigenvalue weighted by molar-refractivity contribution is 5.86. The van der Waals surface area contributed by atoms with Gasteiger partial charge in [-0.3, -0.25) is 4.79 Å². The maximum atomic E-state index is 10.9. The third kappa shape index (κ3) is 7.32. The van der Waals surface area contributed by atoms with Crippen molar-refractivity contribution in [1.82, 2.24) is 0 Å². The molecule has 0 unspecified atom stereocenters. The topological polar surface area (TPSA) is 52.6 Å². The Labute approximate surface area is 89.2 Å². The van der Waals surface area contributed by atoms with Gasteiger partial charge in [-0.2, -0.15) is 0 Å². The molecule has 0 aliphatic carbocycles. The summed E-state index contributed by atoms with van der Waals surface area (Å²) < 4.78 is 9.44. The summed E-state index contributed by atoms with van der Waals surface area (Å²) in [4.78, 5) is 21.8. The van der Waals surface area contributed by atoms with E-state index in [1.807, 2.05) is 0 Å². The molecule has 0 rings (SSSR count). The largest absolute Gasteiger partial charge is 0.462 e. The lowest BCUT2D eigenvalue weighted by Crippen LogP contribution is -2.13. The predicted molar refractivity (Wildman–Crippen MR) is 54.8 cm³/mol. The molecule has 82 valence electrons. The molecule has 0 spiro atoms. The van der Waals surface area contributed by atoms with Gasteiger partial charge in [-0.05, 0) is 6.92 Å². The molecule has 0 saturated heterocycles. The van der Waals surface area contributed by atoms with Crippen LogP contribution < -0.4 is 0 Å². The third-order valence-electron chi connectivity index (χ3n) is 1.40. The maximum Gasteiger partial charge on any atom is 0.333 e. The second-order valence-corrected chi connectivity index (χ2v) is 2.84. The molecule has 0 radical (unpaired) electrons. The number of esters is 2. The first-order valence-corrected chi connectivity index (χ1v) is 4.49. The van der Waals surface area contributed by atoms with Crippen LogP contribution in [0.5, 0.6) is 0 Å². The Kier molecular flexibility index (Phi) is 6.73. The minimum absolute atomic E-state index is 0.0352. The van der Waals surface area contributed by atoms with Crippen molar-refractivity contribution in [1.29, 1.82) is 0 Å². The minimum Gasteiger partial charge on any atom is -0.462 e. The van der Waals surface area contributed by atoms with Crippen LogP contribution in [0.15, 0.2) is 12.2 Å². The number of terminal acetylenes is 1. The van der Waals surface area contributed by atoms with E-state index in [-0.39, 0.29) is 25.6 Å². The van der Waals surface area contributed by atoms with Gasteiger partial charge in [0.1, 0.15) is 13.2 Å². The average molecular weight is 210 g/mol. The zero-order valence-electron chi connectivity index (χ0n) is 8.75. The molecule has 0 aliphatic heterocycles. The Hall–Kier alpha value is -1.76. The summed E-state index contributed by atoms with van der Waals surface area (Å²) in [7, 11) is 0. The third-order valence-corrected chi connectivity index (χ3v) is 1.40. The van der Waals surface area contributed by atoms with E-state index in [0.717, 1.165) is 0 Å². The van der Waals surface area contributed by atoms with Crippen LogP contribution in [0.1, 0.15) is 19.8 Å². The summed E-state index contributed by atoms with van der Waals surface area (Å²) in [6.45, 7) is 5.03. The van der Waals surface area contributed by atoms with E-state index in [1.54, 1.807) is 6.92 Å². The molecule has 15 heavy (non-hydrogen) atoms. The number of hydrogen-bond acceptors (Lipinski definition) is 4. The summed E-state index contributed by atoms with van der Waals surface area (Å²) >= 11 is 0. The first kappa shape index (κ1) is 13.2. The Morgan fingerprint density at radius 3 is 2.47 bits per heavy atom. The number of carbonyl (C=O) groups excluding carboxylic acids is 2. The summed E-state index contributed by atoms with van der Waals surface area (Å²) in [5, 5.41) is 0. The van der Waals surface area contributed by atoms with Gasteiger partial charge in [-0.25, -0.2) is 4.79 Å². The highest BCUT2D eigenvalue weighted by Crippen LogP contribution is 1.94. The minimum atomic E-state index is -0.491. The van der Waals surface area contributed by atoms with Gasteiger partial charge >= 0.3 is 11.9 Å². The molecule has 0 fully saturated rings. The van der Waals surface area contributed by atoms with E-state index >= 15 is 0 Å². The van der Waals surface area contributed by atoms with Crippen LogP contribution in [-0.4, -0.2) is 25.2 Å². The molecule has 0 aromatic carbocycles. The predicted octanol–water partition coefficient (Wildman–Crippen LogP) is 1.06. The van der Waals surface area contributed by atoms with Gasteiger partial charge in [0, 0.05) is 12.0 Å². The van der Waals surface area contributed by atoms with Crippen LogP contribution in [0.3, 0.4) is 0 Å². The molecule has 4 heteroatoms. The monoisotopic (exact) mass is 210 g/mol. The molecule has 0 aromatic rings. The highest BCUT2D eigenvalue weighted by Gasteiger charge is 2.04. The van der Waals surface area contributed by atoms with Gasteiger partial charge in [-0.1, -0.05) is 6.58 Å². The molecule has 0 N–H and O–H groups in total. The second-order valence-electron chi connectivity index (χ2n) is 2.84. The van der Waals surface area contributed by atoms with Crippen molar-refractivity contribution in [3.8, 4) is 12.3 Å². The number of hydrogen-bond donors (Lipinski definition) is 0. The van der Waals surface area contributed by atoms with Crippen LogP contribution in [0, 0.1) is 12.3 Å². The van der Waals surface area contributed by atoms with Gasteiger partial charge < -0.3 is 9.47 Å². The lowest BCUT2D eigenvalue weighted by Gasteiger charge is -2.05. The number of rotatable bonds is 6. The molecule has 0 aliphatic rings. The van der Waals surface area contributed by atoms with Crippen LogP contribution in [0.2, 0.25) is 0 Å². The zero-order valence-corrected chi connectivity index (χ0v) is 8.75. The summed E-state index contributed by atoms with van der Waals surface area (Å²) in [6, 6.07) is 0. The van der Waals surface area contributed by atoms with Crippen molar-refractivity contribution < 1.29 is 19.1 Å². The van der Waals surface area contributed by atoms with Crippen LogP contribution in [0.4, 0.5) is 0 Å². The normalized spacial score (nSPS) is 8.80. The molecule has 0 saturated carbocycles. The van der Waals surface area contributed by atoms with Gasteiger partial charge in [0.25, 0.3) is 0 Å². The zero-order chi connectivity index (χ0) is 11.7. The quantitative estimate of drug-likeness (QED) is 0.285. The van der Waals surface area contributed by atoms with Crippen molar-refractivity contribution in [2.24, 2.45) is 0 Å².